The third kappa shape index (κ3) is 3.37. The van der Waals surface area contributed by atoms with Crippen molar-refractivity contribution in [3.05, 3.63) is 0 Å². The van der Waals surface area contributed by atoms with Crippen molar-refractivity contribution >= 4 is 12.0 Å². The van der Waals surface area contributed by atoms with E-state index in [1.807, 2.05) is 4.90 Å². The minimum atomic E-state index is -0.386. The van der Waals surface area contributed by atoms with Gasteiger partial charge in [-0.25, -0.2) is 4.79 Å². The van der Waals surface area contributed by atoms with Crippen molar-refractivity contribution in [3.8, 4) is 0 Å². The van der Waals surface area contributed by atoms with E-state index in [0.29, 0.717) is 12.6 Å². The van der Waals surface area contributed by atoms with E-state index in [2.05, 4.69) is 17.1 Å². The Morgan fingerprint density at radius 2 is 2.16 bits per heavy atom. The minimum absolute atomic E-state index is 0.0513. The van der Waals surface area contributed by atoms with Crippen molar-refractivity contribution < 1.29 is 14.3 Å². The van der Waals surface area contributed by atoms with Crippen LogP contribution in [0.15, 0.2) is 0 Å². The smallest absolute Gasteiger partial charge is 0.325 e. The number of hydrogen-bond donors (Lipinski definition) is 1. The van der Waals surface area contributed by atoms with E-state index in [4.69, 9.17) is 4.74 Å². The Hall–Kier alpha value is -1.30. The predicted octanol–water partition coefficient (Wildman–Crippen LogP) is 0.428. The summed E-state index contributed by atoms with van der Waals surface area (Å²) in [5.74, 6) is -0.386. The Morgan fingerprint density at radius 1 is 1.37 bits per heavy atom. The monoisotopic (exact) mass is 269 g/mol. The maximum atomic E-state index is 12.1. The SMILES string of the molecule is CCOC(=O)CNC(=O)N1CC2CCCN2CC1C. The molecule has 19 heavy (non-hydrogen) atoms. The number of nitrogens with zero attached hydrogens (tertiary/aromatic N) is 2. The lowest BCUT2D eigenvalue weighted by Crippen LogP contribution is -2.59. The Labute approximate surface area is 114 Å². The van der Waals surface area contributed by atoms with Gasteiger partial charge in [-0.05, 0) is 33.2 Å². The van der Waals surface area contributed by atoms with Gasteiger partial charge in [-0.3, -0.25) is 9.69 Å². The molecule has 2 fully saturated rings. The Kier molecular flexibility index (Phi) is 4.63. The molecule has 6 nitrogen and oxygen atoms in total. The van der Waals surface area contributed by atoms with Crippen LogP contribution in [-0.4, -0.2) is 66.7 Å². The second-order valence-corrected chi connectivity index (χ2v) is 5.26. The van der Waals surface area contributed by atoms with E-state index in [1.54, 1.807) is 6.92 Å². The Bertz CT molecular complexity index is 348. The zero-order valence-electron chi connectivity index (χ0n) is 11.7. The van der Waals surface area contributed by atoms with Crippen LogP contribution >= 0.6 is 0 Å². The normalized spacial score (nSPS) is 26.9. The number of carbonyl (C=O) groups excluding carboxylic acids is 2. The molecule has 1 N–H and O–H groups in total. The molecule has 2 aliphatic heterocycles. The lowest BCUT2D eigenvalue weighted by Gasteiger charge is -2.42. The summed E-state index contributed by atoms with van der Waals surface area (Å²) in [5, 5.41) is 2.64. The van der Waals surface area contributed by atoms with Crippen LogP contribution in [0.4, 0.5) is 4.79 Å². The van der Waals surface area contributed by atoms with Crippen LogP contribution < -0.4 is 5.32 Å². The molecule has 0 radical (unpaired) electrons. The molecule has 0 bridgehead atoms. The van der Waals surface area contributed by atoms with Crippen LogP contribution in [0.5, 0.6) is 0 Å². The highest BCUT2D eigenvalue weighted by Gasteiger charge is 2.36. The topological polar surface area (TPSA) is 61.9 Å². The van der Waals surface area contributed by atoms with E-state index >= 15 is 0 Å². The van der Waals surface area contributed by atoms with Crippen molar-refractivity contribution in [1.82, 2.24) is 15.1 Å². The maximum Gasteiger partial charge on any atom is 0.325 e. The van der Waals surface area contributed by atoms with Crippen LogP contribution in [0, 0.1) is 0 Å². The fourth-order valence-corrected chi connectivity index (χ4v) is 2.93. The molecular weight excluding hydrogens is 246 g/mol. The van der Waals surface area contributed by atoms with E-state index in [-0.39, 0.29) is 24.6 Å². The quantitative estimate of drug-likeness (QED) is 0.755. The van der Waals surface area contributed by atoms with Gasteiger partial charge in [-0.1, -0.05) is 0 Å². The Morgan fingerprint density at radius 3 is 2.89 bits per heavy atom. The molecule has 2 heterocycles. The van der Waals surface area contributed by atoms with E-state index in [0.717, 1.165) is 26.1 Å². The molecule has 6 heteroatoms. The molecule has 0 spiro atoms. The van der Waals surface area contributed by atoms with Gasteiger partial charge in [-0.15, -0.1) is 0 Å². The first-order valence-electron chi connectivity index (χ1n) is 7.06. The first-order valence-corrected chi connectivity index (χ1v) is 7.06. The van der Waals surface area contributed by atoms with Crippen molar-refractivity contribution in [2.45, 2.75) is 38.8 Å². The number of ether oxygens (including phenoxy) is 1. The van der Waals surface area contributed by atoms with Gasteiger partial charge in [0.2, 0.25) is 0 Å². The largest absolute Gasteiger partial charge is 0.465 e. The zero-order valence-corrected chi connectivity index (χ0v) is 11.7. The number of rotatable bonds is 3. The zero-order chi connectivity index (χ0) is 13.8. The average Bonchev–Trinajstić information content (AvgIpc) is 2.82. The molecule has 0 aliphatic carbocycles. The number of carbonyl (C=O) groups is 2. The number of nitrogens with one attached hydrogen (secondary N) is 1. The molecule has 0 aromatic heterocycles. The van der Waals surface area contributed by atoms with Gasteiger partial charge < -0.3 is 15.0 Å². The van der Waals surface area contributed by atoms with Gasteiger partial charge in [0, 0.05) is 25.2 Å². The molecule has 0 saturated carbocycles. The molecule has 2 atom stereocenters. The lowest BCUT2D eigenvalue weighted by atomic mass is 10.1. The van der Waals surface area contributed by atoms with E-state index in [9.17, 15) is 9.59 Å². The van der Waals surface area contributed by atoms with Crippen LogP contribution in [0.1, 0.15) is 26.7 Å². The Balaban J connectivity index is 1.83. The highest BCUT2D eigenvalue weighted by molar-refractivity contribution is 5.81. The standard InChI is InChI=1S/C13H23N3O3/c1-3-19-12(17)7-14-13(18)16-9-11-5-4-6-15(11)8-10(16)2/h10-11H,3-9H2,1-2H3,(H,14,18). The van der Waals surface area contributed by atoms with Crippen molar-refractivity contribution in [1.29, 1.82) is 0 Å². The molecule has 2 amide bonds. The van der Waals surface area contributed by atoms with E-state index < -0.39 is 0 Å². The maximum absolute atomic E-state index is 12.1. The highest BCUT2D eigenvalue weighted by atomic mass is 16.5. The molecule has 108 valence electrons. The number of fused-ring (bicyclic) bond motifs is 1. The summed E-state index contributed by atoms with van der Waals surface area (Å²) < 4.78 is 4.80. The van der Waals surface area contributed by atoms with Crippen LogP contribution in [0.25, 0.3) is 0 Å². The van der Waals surface area contributed by atoms with Crippen molar-refractivity contribution in [2.24, 2.45) is 0 Å². The van der Waals surface area contributed by atoms with Gasteiger partial charge in [0.1, 0.15) is 6.54 Å². The number of esters is 1. The molecular formula is C13H23N3O3. The van der Waals surface area contributed by atoms with Crippen molar-refractivity contribution in [3.63, 3.8) is 0 Å². The third-order valence-electron chi connectivity index (χ3n) is 3.89. The summed E-state index contributed by atoms with van der Waals surface area (Å²) in [7, 11) is 0. The summed E-state index contributed by atoms with van der Waals surface area (Å²) in [6, 6.07) is 0.521. The summed E-state index contributed by atoms with van der Waals surface area (Å²) in [5.41, 5.74) is 0. The fourth-order valence-electron chi connectivity index (χ4n) is 2.93. The molecule has 2 rings (SSSR count). The predicted molar refractivity (Wildman–Crippen MR) is 70.8 cm³/mol. The summed E-state index contributed by atoms with van der Waals surface area (Å²) >= 11 is 0. The van der Waals surface area contributed by atoms with Gasteiger partial charge in [0.15, 0.2) is 0 Å². The number of piperazine rings is 1. The molecule has 0 aromatic rings. The number of hydrogen-bond acceptors (Lipinski definition) is 4. The van der Waals surface area contributed by atoms with Crippen LogP contribution in [0.2, 0.25) is 0 Å². The fraction of sp³-hybridized carbons (Fsp3) is 0.846. The minimum Gasteiger partial charge on any atom is -0.465 e. The van der Waals surface area contributed by atoms with Gasteiger partial charge in [0.25, 0.3) is 0 Å². The van der Waals surface area contributed by atoms with E-state index in [1.165, 1.54) is 6.42 Å². The molecule has 2 unspecified atom stereocenters. The van der Waals surface area contributed by atoms with Gasteiger partial charge in [-0.2, -0.15) is 0 Å². The summed E-state index contributed by atoms with van der Waals surface area (Å²) in [6.07, 6.45) is 2.38. The van der Waals surface area contributed by atoms with Gasteiger partial charge in [0.05, 0.1) is 6.61 Å². The second kappa shape index (κ2) is 6.23. The second-order valence-electron chi connectivity index (χ2n) is 5.26. The first-order chi connectivity index (χ1) is 9.11. The first kappa shape index (κ1) is 14.1. The van der Waals surface area contributed by atoms with Crippen molar-refractivity contribution in [2.75, 3.05) is 32.8 Å². The number of amides is 2. The molecule has 0 aromatic carbocycles. The third-order valence-corrected chi connectivity index (χ3v) is 3.89. The summed E-state index contributed by atoms with van der Waals surface area (Å²) in [6.45, 7) is 6.93. The van der Waals surface area contributed by atoms with Gasteiger partial charge >= 0.3 is 12.0 Å². The van der Waals surface area contributed by atoms with Crippen LogP contribution in [0.3, 0.4) is 0 Å². The summed E-state index contributed by atoms with van der Waals surface area (Å²) in [4.78, 5) is 27.6. The lowest BCUT2D eigenvalue weighted by molar-refractivity contribution is -0.141. The number of urea groups is 1. The van der Waals surface area contributed by atoms with Crippen LogP contribution in [-0.2, 0) is 9.53 Å². The molecule has 2 aliphatic rings. The average molecular weight is 269 g/mol. The highest BCUT2D eigenvalue weighted by Crippen LogP contribution is 2.24. The molecule has 2 saturated heterocycles.